The molecule has 1 heterocycles. The van der Waals surface area contributed by atoms with Gasteiger partial charge in [0.1, 0.15) is 11.5 Å². The number of hydrogen-bond acceptors (Lipinski definition) is 5. The maximum atomic E-state index is 13.1. The number of rotatable bonds is 7. The van der Waals surface area contributed by atoms with Gasteiger partial charge in [-0.25, -0.2) is 8.42 Å². The van der Waals surface area contributed by atoms with E-state index in [2.05, 4.69) is 5.32 Å². The Kier molecular flexibility index (Phi) is 6.67. The summed E-state index contributed by atoms with van der Waals surface area (Å²) in [7, 11) is -0.559. The van der Waals surface area contributed by atoms with E-state index in [-0.39, 0.29) is 17.3 Å². The standard InChI is InChI=1S/C22H28N2O5S/c1-22(21(25)23-15-17-6-4-7-19(14-17)29-3)12-5-13-24(16-22)30(26,27)20-10-8-18(28-2)9-11-20/h4,6-11,14H,5,12-13,15-16H2,1-3H3,(H,23,25)/t22-/m1/s1. The van der Waals surface area contributed by atoms with Gasteiger partial charge in [-0.15, -0.1) is 0 Å². The van der Waals surface area contributed by atoms with Gasteiger partial charge in [-0.05, 0) is 61.7 Å². The number of ether oxygens (including phenoxy) is 2. The summed E-state index contributed by atoms with van der Waals surface area (Å²) in [4.78, 5) is 13.2. The number of nitrogens with zero attached hydrogens (tertiary/aromatic N) is 1. The van der Waals surface area contributed by atoms with Gasteiger partial charge >= 0.3 is 0 Å². The fraction of sp³-hybridized carbons (Fsp3) is 0.409. The third-order valence-corrected chi connectivity index (χ3v) is 7.35. The molecule has 3 rings (SSSR count). The van der Waals surface area contributed by atoms with Crippen molar-refractivity contribution >= 4 is 15.9 Å². The molecular formula is C22H28N2O5S. The van der Waals surface area contributed by atoms with Crippen LogP contribution in [0, 0.1) is 5.41 Å². The summed E-state index contributed by atoms with van der Waals surface area (Å²) in [5.74, 6) is 1.16. The molecule has 1 aliphatic heterocycles. The molecule has 0 radical (unpaired) electrons. The van der Waals surface area contributed by atoms with E-state index in [4.69, 9.17) is 9.47 Å². The van der Waals surface area contributed by atoms with Gasteiger partial charge in [0.15, 0.2) is 0 Å². The van der Waals surface area contributed by atoms with Gasteiger partial charge in [0.25, 0.3) is 0 Å². The number of carbonyl (C=O) groups excluding carboxylic acids is 1. The predicted molar refractivity (Wildman–Crippen MR) is 114 cm³/mol. The molecule has 1 saturated heterocycles. The zero-order valence-corrected chi connectivity index (χ0v) is 18.4. The summed E-state index contributed by atoms with van der Waals surface area (Å²) in [5.41, 5.74) is 0.126. The quantitative estimate of drug-likeness (QED) is 0.727. The van der Waals surface area contributed by atoms with Crippen LogP contribution in [0.3, 0.4) is 0 Å². The molecule has 30 heavy (non-hydrogen) atoms. The third kappa shape index (κ3) is 4.76. The molecule has 1 fully saturated rings. The number of methoxy groups -OCH3 is 2. The Hall–Kier alpha value is -2.58. The van der Waals surface area contributed by atoms with Crippen molar-refractivity contribution in [3.05, 3.63) is 54.1 Å². The number of benzene rings is 2. The van der Waals surface area contributed by atoms with Crippen LogP contribution in [0.1, 0.15) is 25.3 Å². The largest absolute Gasteiger partial charge is 0.497 e. The van der Waals surface area contributed by atoms with Gasteiger partial charge in [-0.1, -0.05) is 12.1 Å². The highest BCUT2D eigenvalue weighted by Gasteiger charge is 2.41. The second-order valence-corrected chi connectivity index (χ2v) is 9.65. The van der Waals surface area contributed by atoms with E-state index in [1.807, 2.05) is 31.2 Å². The van der Waals surface area contributed by atoms with Crippen LogP contribution in [-0.2, 0) is 21.4 Å². The number of hydrogen-bond donors (Lipinski definition) is 1. The molecule has 0 unspecified atom stereocenters. The first-order valence-electron chi connectivity index (χ1n) is 9.84. The number of amides is 1. The zero-order chi connectivity index (χ0) is 21.8. The van der Waals surface area contributed by atoms with E-state index in [0.29, 0.717) is 31.7 Å². The van der Waals surface area contributed by atoms with E-state index in [9.17, 15) is 13.2 Å². The van der Waals surface area contributed by atoms with E-state index in [0.717, 1.165) is 11.3 Å². The number of carbonyl (C=O) groups is 1. The summed E-state index contributed by atoms with van der Waals surface area (Å²) in [6, 6.07) is 13.8. The summed E-state index contributed by atoms with van der Waals surface area (Å²) in [5, 5.41) is 2.95. The number of sulfonamides is 1. The Morgan fingerprint density at radius 1 is 1.10 bits per heavy atom. The lowest BCUT2D eigenvalue weighted by Crippen LogP contribution is -2.51. The average molecular weight is 433 g/mol. The van der Waals surface area contributed by atoms with Crippen LogP contribution in [-0.4, -0.2) is 45.9 Å². The lowest BCUT2D eigenvalue weighted by molar-refractivity contribution is -0.132. The van der Waals surface area contributed by atoms with Crippen LogP contribution < -0.4 is 14.8 Å². The maximum absolute atomic E-state index is 13.1. The van der Waals surface area contributed by atoms with Crippen molar-refractivity contribution in [2.45, 2.75) is 31.2 Å². The molecule has 7 nitrogen and oxygen atoms in total. The van der Waals surface area contributed by atoms with Crippen molar-refractivity contribution in [2.75, 3.05) is 27.3 Å². The molecule has 2 aromatic carbocycles. The van der Waals surface area contributed by atoms with Crippen LogP contribution in [0.2, 0.25) is 0 Å². The Morgan fingerprint density at radius 2 is 1.80 bits per heavy atom. The fourth-order valence-electron chi connectivity index (χ4n) is 3.66. The first kappa shape index (κ1) is 22.1. The van der Waals surface area contributed by atoms with Crippen LogP contribution in [0.5, 0.6) is 11.5 Å². The molecule has 0 saturated carbocycles. The van der Waals surface area contributed by atoms with E-state index < -0.39 is 15.4 Å². The summed E-state index contributed by atoms with van der Waals surface area (Å²) < 4.78 is 37.9. The molecule has 0 aromatic heterocycles. The van der Waals surface area contributed by atoms with Crippen molar-refractivity contribution in [3.63, 3.8) is 0 Å². The van der Waals surface area contributed by atoms with Crippen LogP contribution >= 0.6 is 0 Å². The highest BCUT2D eigenvalue weighted by molar-refractivity contribution is 7.89. The monoisotopic (exact) mass is 432 g/mol. The highest BCUT2D eigenvalue weighted by Crippen LogP contribution is 2.33. The summed E-state index contributed by atoms with van der Waals surface area (Å²) >= 11 is 0. The van der Waals surface area contributed by atoms with Crippen molar-refractivity contribution in [2.24, 2.45) is 5.41 Å². The van der Waals surface area contributed by atoms with E-state index in [1.54, 1.807) is 19.2 Å². The molecule has 0 bridgehead atoms. The van der Waals surface area contributed by atoms with Gasteiger partial charge in [0, 0.05) is 19.6 Å². The second kappa shape index (κ2) is 9.06. The smallest absolute Gasteiger partial charge is 0.243 e. The first-order valence-corrected chi connectivity index (χ1v) is 11.3. The molecule has 8 heteroatoms. The summed E-state index contributed by atoms with van der Waals surface area (Å²) in [6.45, 7) is 2.72. The van der Waals surface area contributed by atoms with E-state index >= 15 is 0 Å². The van der Waals surface area contributed by atoms with Gasteiger partial charge in [-0.2, -0.15) is 4.31 Å². The highest BCUT2D eigenvalue weighted by atomic mass is 32.2. The first-order chi connectivity index (χ1) is 14.3. The minimum Gasteiger partial charge on any atom is -0.497 e. The van der Waals surface area contributed by atoms with Gasteiger partial charge < -0.3 is 14.8 Å². The minimum absolute atomic E-state index is 0.144. The van der Waals surface area contributed by atoms with Crippen molar-refractivity contribution in [1.29, 1.82) is 0 Å². The van der Waals surface area contributed by atoms with Crippen molar-refractivity contribution in [1.82, 2.24) is 9.62 Å². The SMILES string of the molecule is COc1ccc(S(=O)(=O)N2CCC[C@@](C)(C(=O)NCc3cccc(OC)c3)C2)cc1. The molecule has 1 N–H and O–H groups in total. The molecule has 0 aliphatic carbocycles. The molecule has 162 valence electrons. The Balaban J connectivity index is 1.70. The van der Waals surface area contributed by atoms with Gasteiger partial charge in [-0.3, -0.25) is 4.79 Å². The third-order valence-electron chi connectivity index (χ3n) is 5.49. The molecule has 0 spiro atoms. The molecule has 2 aromatic rings. The summed E-state index contributed by atoms with van der Waals surface area (Å²) in [6.07, 6.45) is 1.25. The average Bonchev–Trinajstić information content (AvgIpc) is 2.77. The minimum atomic E-state index is -3.69. The normalized spacial score (nSPS) is 19.8. The number of nitrogens with one attached hydrogen (secondary N) is 1. The lowest BCUT2D eigenvalue weighted by Gasteiger charge is -2.38. The van der Waals surface area contributed by atoms with Crippen molar-refractivity contribution < 1.29 is 22.7 Å². The number of piperidine rings is 1. The topological polar surface area (TPSA) is 84.9 Å². The fourth-order valence-corrected chi connectivity index (χ4v) is 5.26. The second-order valence-electron chi connectivity index (χ2n) is 7.71. The maximum Gasteiger partial charge on any atom is 0.243 e. The molecular weight excluding hydrogens is 404 g/mol. The molecule has 1 amide bonds. The van der Waals surface area contributed by atoms with Crippen LogP contribution in [0.4, 0.5) is 0 Å². The lowest BCUT2D eigenvalue weighted by atomic mass is 9.82. The zero-order valence-electron chi connectivity index (χ0n) is 17.6. The Bertz CT molecular complexity index is 991. The van der Waals surface area contributed by atoms with Gasteiger partial charge in [0.05, 0.1) is 24.5 Å². The van der Waals surface area contributed by atoms with E-state index in [1.165, 1.54) is 23.5 Å². The van der Waals surface area contributed by atoms with Crippen LogP contribution in [0.15, 0.2) is 53.4 Å². The van der Waals surface area contributed by atoms with Gasteiger partial charge in [0.2, 0.25) is 15.9 Å². The van der Waals surface area contributed by atoms with Crippen LogP contribution in [0.25, 0.3) is 0 Å². The Morgan fingerprint density at radius 3 is 2.47 bits per heavy atom. The molecule has 1 atom stereocenters. The Labute approximate surface area is 178 Å². The van der Waals surface area contributed by atoms with Crippen molar-refractivity contribution in [3.8, 4) is 11.5 Å². The predicted octanol–water partition coefficient (Wildman–Crippen LogP) is 2.81. The molecule has 1 aliphatic rings.